The number of hydrogen-bond donors (Lipinski definition) is 2. The van der Waals surface area contributed by atoms with E-state index in [1.807, 2.05) is 25.1 Å². The van der Waals surface area contributed by atoms with Gasteiger partial charge in [0.1, 0.15) is 0 Å². The molecule has 2 N–H and O–H groups in total. The molecule has 2 rings (SSSR count). The van der Waals surface area contributed by atoms with Crippen LogP contribution in [-0.2, 0) is 4.79 Å². The standard InChI is InChI=1S/C13H17BrN2O/c1-9-5-6-11(10(14)8-9)16-13(17)12-4-2-3-7-15-12/h5-6,8,12,15H,2-4,7H2,1H3,(H,16,17)/t12-/m0/s1. The second kappa shape index (κ2) is 5.65. The summed E-state index contributed by atoms with van der Waals surface area (Å²) in [5.74, 6) is 0.0641. The molecule has 1 amide bonds. The molecule has 17 heavy (non-hydrogen) atoms. The average molecular weight is 297 g/mol. The van der Waals surface area contributed by atoms with Crippen LogP contribution in [0.5, 0.6) is 0 Å². The fraction of sp³-hybridized carbons (Fsp3) is 0.462. The molecule has 3 nitrogen and oxygen atoms in total. The van der Waals surface area contributed by atoms with Crippen molar-refractivity contribution < 1.29 is 4.79 Å². The summed E-state index contributed by atoms with van der Waals surface area (Å²) in [6.45, 7) is 2.96. The van der Waals surface area contributed by atoms with Crippen LogP contribution in [0.1, 0.15) is 24.8 Å². The highest BCUT2D eigenvalue weighted by Gasteiger charge is 2.20. The lowest BCUT2D eigenvalue weighted by Crippen LogP contribution is -2.43. The van der Waals surface area contributed by atoms with Gasteiger partial charge in [0, 0.05) is 4.47 Å². The molecule has 1 aliphatic heterocycles. The van der Waals surface area contributed by atoms with E-state index in [2.05, 4.69) is 26.6 Å². The molecule has 0 aliphatic carbocycles. The Morgan fingerprint density at radius 3 is 2.94 bits per heavy atom. The number of carbonyl (C=O) groups excluding carboxylic acids is 1. The largest absolute Gasteiger partial charge is 0.324 e. The molecule has 0 bridgehead atoms. The van der Waals surface area contributed by atoms with Crippen LogP contribution in [0, 0.1) is 6.92 Å². The maximum absolute atomic E-state index is 12.0. The third-order valence-electron chi connectivity index (χ3n) is 3.01. The zero-order valence-corrected chi connectivity index (χ0v) is 11.5. The van der Waals surface area contributed by atoms with Crippen molar-refractivity contribution in [2.24, 2.45) is 0 Å². The minimum absolute atomic E-state index is 0.0445. The normalized spacial score (nSPS) is 20.0. The van der Waals surface area contributed by atoms with Crippen LogP contribution in [-0.4, -0.2) is 18.5 Å². The zero-order valence-electron chi connectivity index (χ0n) is 9.92. The first-order valence-electron chi connectivity index (χ1n) is 5.97. The number of hydrogen-bond acceptors (Lipinski definition) is 2. The third kappa shape index (κ3) is 3.30. The Morgan fingerprint density at radius 1 is 1.47 bits per heavy atom. The van der Waals surface area contributed by atoms with Crippen LogP contribution in [0.25, 0.3) is 0 Å². The molecule has 1 atom stereocenters. The molecule has 1 saturated heterocycles. The molecule has 0 unspecified atom stereocenters. The summed E-state index contributed by atoms with van der Waals surface area (Å²) in [5, 5.41) is 6.20. The van der Waals surface area contributed by atoms with Crippen molar-refractivity contribution in [3.63, 3.8) is 0 Å². The lowest BCUT2D eigenvalue weighted by molar-refractivity contribution is -0.118. The Morgan fingerprint density at radius 2 is 2.29 bits per heavy atom. The van der Waals surface area contributed by atoms with Crippen LogP contribution in [0.3, 0.4) is 0 Å². The summed E-state index contributed by atoms with van der Waals surface area (Å²) in [7, 11) is 0. The van der Waals surface area contributed by atoms with Crippen molar-refractivity contribution in [3.8, 4) is 0 Å². The molecule has 0 saturated carbocycles. The van der Waals surface area contributed by atoms with Gasteiger partial charge in [-0.2, -0.15) is 0 Å². The fourth-order valence-corrected chi connectivity index (χ4v) is 2.61. The highest BCUT2D eigenvalue weighted by atomic mass is 79.9. The zero-order chi connectivity index (χ0) is 12.3. The molecule has 1 heterocycles. The fourth-order valence-electron chi connectivity index (χ4n) is 2.02. The van der Waals surface area contributed by atoms with Crippen molar-refractivity contribution >= 4 is 27.5 Å². The van der Waals surface area contributed by atoms with Crippen LogP contribution in [0.4, 0.5) is 5.69 Å². The molecule has 1 aliphatic rings. The Kier molecular flexibility index (Phi) is 4.18. The number of nitrogens with one attached hydrogen (secondary N) is 2. The lowest BCUT2D eigenvalue weighted by atomic mass is 10.0. The lowest BCUT2D eigenvalue weighted by Gasteiger charge is -2.22. The van der Waals surface area contributed by atoms with E-state index in [4.69, 9.17) is 0 Å². The summed E-state index contributed by atoms with van der Waals surface area (Å²) in [6, 6.07) is 5.88. The summed E-state index contributed by atoms with van der Waals surface area (Å²) >= 11 is 3.46. The van der Waals surface area contributed by atoms with E-state index in [-0.39, 0.29) is 11.9 Å². The first-order chi connectivity index (χ1) is 8.16. The van der Waals surface area contributed by atoms with Crippen molar-refractivity contribution in [1.82, 2.24) is 5.32 Å². The maximum atomic E-state index is 12.0. The summed E-state index contributed by atoms with van der Waals surface area (Å²) < 4.78 is 0.932. The number of carbonyl (C=O) groups is 1. The van der Waals surface area contributed by atoms with Gasteiger partial charge in [-0.25, -0.2) is 0 Å². The number of rotatable bonds is 2. The number of anilines is 1. The first-order valence-corrected chi connectivity index (χ1v) is 6.76. The predicted octanol–water partition coefficient (Wildman–Crippen LogP) is 2.84. The SMILES string of the molecule is Cc1ccc(NC(=O)[C@@H]2CCCCN2)c(Br)c1. The van der Waals surface area contributed by atoms with Gasteiger partial charge in [-0.3, -0.25) is 4.79 Å². The Bertz CT molecular complexity index is 414. The Balaban J connectivity index is 2.02. The molecule has 0 radical (unpaired) electrons. The van der Waals surface area contributed by atoms with Crippen molar-refractivity contribution in [2.75, 3.05) is 11.9 Å². The Hall–Kier alpha value is -0.870. The van der Waals surface area contributed by atoms with Gasteiger partial charge < -0.3 is 10.6 Å². The quantitative estimate of drug-likeness (QED) is 0.881. The summed E-state index contributed by atoms with van der Waals surface area (Å²) in [6.07, 6.45) is 3.22. The van der Waals surface area contributed by atoms with Crippen LogP contribution in [0.2, 0.25) is 0 Å². The smallest absolute Gasteiger partial charge is 0.241 e. The second-order valence-corrected chi connectivity index (χ2v) is 5.33. The van der Waals surface area contributed by atoms with Gasteiger partial charge in [-0.15, -0.1) is 0 Å². The van der Waals surface area contributed by atoms with E-state index in [1.54, 1.807) is 0 Å². The van der Waals surface area contributed by atoms with Crippen LogP contribution < -0.4 is 10.6 Å². The minimum Gasteiger partial charge on any atom is -0.324 e. The Labute approximate surface area is 110 Å². The molecule has 1 aromatic carbocycles. The predicted molar refractivity (Wildman–Crippen MR) is 73.2 cm³/mol. The average Bonchev–Trinajstić information content (AvgIpc) is 2.34. The van der Waals surface area contributed by atoms with E-state index >= 15 is 0 Å². The van der Waals surface area contributed by atoms with Gasteiger partial charge in [-0.05, 0) is 59.9 Å². The van der Waals surface area contributed by atoms with E-state index in [0.29, 0.717) is 0 Å². The minimum atomic E-state index is -0.0445. The molecule has 4 heteroatoms. The molecule has 0 aromatic heterocycles. The topological polar surface area (TPSA) is 41.1 Å². The maximum Gasteiger partial charge on any atom is 0.241 e. The van der Waals surface area contributed by atoms with E-state index in [9.17, 15) is 4.79 Å². The molecule has 1 aromatic rings. The van der Waals surface area contributed by atoms with E-state index < -0.39 is 0 Å². The number of halogens is 1. The summed E-state index contributed by atoms with van der Waals surface area (Å²) in [4.78, 5) is 12.0. The van der Waals surface area contributed by atoms with Crippen molar-refractivity contribution in [1.29, 1.82) is 0 Å². The van der Waals surface area contributed by atoms with Crippen LogP contribution in [0.15, 0.2) is 22.7 Å². The number of aryl methyl sites for hydroxylation is 1. The van der Waals surface area contributed by atoms with Crippen LogP contribution >= 0.6 is 15.9 Å². The molecule has 92 valence electrons. The van der Waals surface area contributed by atoms with Crippen molar-refractivity contribution in [3.05, 3.63) is 28.2 Å². The monoisotopic (exact) mass is 296 g/mol. The van der Waals surface area contributed by atoms with E-state index in [1.165, 1.54) is 5.56 Å². The first kappa shape index (κ1) is 12.6. The van der Waals surface area contributed by atoms with Gasteiger partial charge in [0.05, 0.1) is 11.7 Å². The number of benzene rings is 1. The molecule has 0 spiro atoms. The van der Waals surface area contributed by atoms with Gasteiger partial charge in [0.15, 0.2) is 0 Å². The molecule has 1 fully saturated rings. The number of amides is 1. The highest BCUT2D eigenvalue weighted by molar-refractivity contribution is 9.10. The van der Waals surface area contributed by atoms with Gasteiger partial charge in [-0.1, -0.05) is 12.5 Å². The second-order valence-electron chi connectivity index (χ2n) is 4.48. The summed E-state index contributed by atoms with van der Waals surface area (Å²) in [5.41, 5.74) is 2.01. The van der Waals surface area contributed by atoms with Gasteiger partial charge >= 0.3 is 0 Å². The van der Waals surface area contributed by atoms with Crippen molar-refractivity contribution in [2.45, 2.75) is 32.2 Å². The number of piperidine rings is 1. The molecular formula is C13H17BrN2O. The van der Waals surface area contributed by atoms with Gasteiger partial charge in [0.25, 0.3) is 0 Å². The third-order valence-corrected chi connectivity index (χ3v) is 3.67. The molecular weight excluding hydrogens is 280 g/mol. The highest BCUT2D eigenvalue weighted by Crippen LogP contribution is 2.23. The van der Waals surface area contributed by atoms with E-state index in [0.717, 1.165) is 36.0 Å². The van der Waals surface area contributed by atoms with Gasteiger partial charge in [0.2, 0.25) is 5.91 Å².